The van der Waals surface area contributed by atoms with Crippen molar-refractivity contribution in [2.45, 2.75) is 44.6 Å². The Morgan fingerprint density at radius 3 is 2.32 bits per heavy atom. The molecule has 0 amide bonds. The minimum Gasteiger partial charge on any atom is -0.493 e. The Bertz CT molecular complexity index is 468. The summed E-state index contributed by atoms with van der Waals surface area (Å²) in [6.07, 6.45) is 5.59. The number of benzene rings is 1. The molecule has 0 saturated heterocycles. The van der Waals surface area contributed by atoms with Gasteiger partial charge in [-0.2, -0.15) is 0 Å². The molecule has 0 aromatic heterocycles. The van der Waals surface area contributed by atoms with Crippen molar-refractivity contribution in [2.24, 2.45) is 5.73 Å². The lowest BCUT2D eigenvalue weighted by Gasteiger charge is -2.36. The van der Waals surface area contributed by atoms with E-state index in [1.807, 2.05) is 6.07 Å². The fourth-order valence-electron chi connectivity index (χ4n) is 2.98. The van der Waals surface area contributed by atoms with Gasteiger partial charge in [-0.05, 0) is 31.4 Å². The first-order valence-electron chi connectivity index (χ1n) is 6.74. The summed E-state index contributed by atoms with van der Waals surface area (Å²) in [6.45, 7) is 2.06. The van der Waals surface area contributed by atoms with Crippen LogP contribution in [0.25, 0.3) is 0 Å². The Hall–Kier alpha value is -0.740. The Labute approximate surface area is 123 Å². The lowest BCUT2D eigenvalue weighted by Crippen LogP contribution is -2.39. The first-order chi connectivity index (χ1) is 9.03. The second-order valence-corrected chi connectivity index (χ2v) is 6.13. The Kier molecular flexibility index (Phi) is 4.41. The highest BCUT2D eigenvalue weighted by atomic mass is 79.9. The molecule has 0 radical (unpaired) electrons. The van der Waals surface area contributed by atoms with Crippen LogP contribution in [0, 0.1) is 6.92 Å². The molecule has 0 aliphatic heterocycles. The second kappa shape index (κ2) is 5.71. The van der Waals surface area contributed by atoms with E-state index >= 15 is 0 Å². The predicted molar refractivity (Wildman–Crippen MR) is 80.9 cm³/mol. The molecule has 1 fully saturated rings. The van der Waals surface area contributed by atoms with E-state index in [0.717, 1.165) is 39.9 Å². The third-order valence-corrected chi connectivity index (χ3v) is 5.05. The fraction of sp³-hybridized carbons (Fsp3) is 0.600. The molecule has 0 unspecified atom stereocenters. The van der Waals surface area contributed by atoms with Gasteiger partial charge in [0.2, 0.25) is 0 Å². The van der Waals surface area contributed by atoms with Crippen molar-refractivity contribution in [3.63, 3.8) is 0 Å². The van der Waals surface area contributed by atoms with Crippen LogP contribution in [0.15, 0.2) is 10.5 Å². The molecule has 2 rings (SSSR count). The molecule has 1 aliphatic rings. The number of nitrogens with two attached hydrogens (primary N) is 1. The molecule has 106 valence electrons. The molecular weight excluding hydrogens is 306 g/mol. The third kappa shape index (κ3) is 2.61. The summed E-state index contributed by atoms with van der Waals surface area (Å²) in [6, 6.07) is 1.98. The van der Waals surface area contributed by atoms with Gasteiger partial charge in [-0.3, -0.25) is 0 Å². The summed E-state index contributed by atoms with van der Waals surface area (Å²) >= 11 is 3.69. The van der Waals surface area contributed by atoms with E-state index in [-0.39, 0.29) is 5.54 Å². The average Bonchev–Trinajstić information content (AvgIpc) is 2.41. The maximum absolute atomic E-state index is 6.68. The lowest BCUT2D eigenvalue weighted by molar-refractivity contribution is 0.280. The summed E-state index contributed by atoms with van der Waals surface area (Å²) in [7, 11) is 3.34. The summed E-state index contributed by atoms with van der Waals surface area (Å²) in [5.41, 5.74) is 8.56. The minimum atomic E-state index is -0.318. The zero-order valence-corrected chi connectivity index (χ0v) is 13.5. The van der Waals surface area contributed by atoms with Crippen LogP contribution in [-0.4, -0.2) is 14.2 Å². The quantitative estimate of drug-likeness (QED) is 0.915. The van der Waals surface area contributed by atoms with Gasteiger partial charge < -0.3 is 15.2 Å². The first-order valence-corrected chi connectivity index (χ1v) is 7.53. The van der Waals surface area contributed by atoms with Gasteiger partial charge in [-0.1, -0.05) is 35.2 Å². The number of hydrogen-bond acceptors (Lipinski definition) is 3. The number of aryl methyl sites for hydroxylation is 1. The van der Waals surface area contributed by atoms with E-state index in [1.54, 1.807) is 14.2 Å². The normalized spacial score (nSPS) is 18.2. The number of rotatable bonds is 3. The average molecular weight is 328 g/mol. The molecule has 2 N–H and O–H groups in total. The Morgan fingerprint density at radius 2 is 1.79 bits per heavy atom. The van der Waals surface area contributed by atoms with E-state index in [0.29, 0.717) is 0 Å². The van der Waals surface area contributed by atoms with Gasteiger partial charge in [0.15, 0.2) is 11.5 Å². The summed E-state index contributed by atoms with van der Waals surface area (Å²) < 4.78 is 12.1. The van der Waals surface area contributed by atoms with E-state index in [1.165, 1.54) is 19.3 Å². The van der Waals surface area contributed by atoms with Gasteiger partial charge in [0, 0.05) is 15.6 Å². The lowest BCUT2D eigenvalue weighted by atomic mass is 9.76. The first kappa shape index (κ1) is 14.7. The van der Waals surface area contributed by atoms with Crippen LogP contribution in [0.5, 0.6) is 11.5 Å². The van der Waals surface area contributed by atoms with Crippen LogP contribution in [0.2, 0.25) is 0 Å². The van der Waals surface area contributed by atoms with Crippen LogP contribution < -0.4 is 15.2 Å². The summed E-state index contributed by atoms with van der Waals surface area (Å²) in [5.74, 6) is 1.53. The van der Waals surface area contributed by atoms with Gasteiger partial charge >= 0.3 is 0 Å². The largest absolute Gasteiger partial charge is 0.493 e. The van der Waals surface area contributed by atoms with Crippen molar-refractivity contribution in [1.29, 1.82) is 0 Å². The van der Waals surface area contributed by atoms with Gasteiger partial charge in [-0.25, -0.2) is 0 Å². The number of halogens is 1. The zero-order valence-electron chi connectivity index (χ0n) is 11.9. The number of hydrogen-bond donors (Lipinski definition) is 1. The van der Waals surface area contributed by atoms with Crippen LogP contribution in [-0.2, 0) is 5.54 Å². The van der Waals surface area contributed by atoms with Crippen LogP contribution in [0.1, 0.15) is 43.2 Å². The highest BCUT2D eigenvalue weighted by Crippen LogP contribution is 2.47. The molecule has 3 nitrogen and oxygen atoms in total. The van der Waals surface area contributed by atoms with Crippen LogP contribution in [0.3, 0.4) is 0 Å². The molecule has 1 aromatic carbocycles. The minimum absolute atomic E-state index is 0.318. The summed E-state index contributed by atoms with van der Waals surface area (Å²) in [4.78, 5) is 0. The topological polar surface area (TPSA) is 44.5 Å². The van der Waals surface area contributed by atoms with E-state index in [4.69, 9.17) is 15.2 Å². The standard InChI is InChI=1S/C15H22BrNO2/c1-10-9-11(18-2)14(19-3)12(13(10)16)15(17)7-5-4-6-8-15/h9H,4-8,17H2,1-3H3. The van der Waals surface area contributed by atoms with E-state index in [2.05, 4.69) is 22.9 Å². The Morgan fingerprint density at radius 1 is 1.16 bits per heavy atom. The van der Waals surface area contributed by atoms with Crippen molar-refractivity contribution in [1.82, 2.24) is 0 Å². The molecular formula is C15H22BrNO2. The van der Waals surface area contributed by atoms with Crippen molar-refractivity contribution in [2.75, 3.05) is 14.2 Å². The van der Waals surface area contributed by atoms with Crippen molar-refractivity contribution >= 4 is 15.9 Å². The zero-order chi connectivity index (χ0) is 14.0. The highest BCUT2D eigenvalue weighted by molar-refractivity contribution is 9.10. The maximum atomic E-state index is 6.68. The van der Waals surface area contributed by atoms with Crippen molar-refractivity contribution in [3.05, 3.63) is 21.7 Å². The van der Waals surface area contributed by atoms with Crippen LogP contribution >= 0.6 is 15.9 Å². The van der Waals surface area contributed by atoms with Crippen molar-refractivity contribution in [3.8, 4) is 11.5 Å². The monoisotopic (exact) mass is 327 g/mol. The number of methoxy groups -OCH3 is 2. The molecule has 0 atom stereocenters. The van der Waals surface area contributed by atoms with Gasteiger partial charge in [0.25, 0.3) is 0 Å². The summed E-state index contributed by atoms with van der Waals surface area (Å²) in [5, 5.41) is 0. The van der Waals surface area contributed by atoms with Gasteiger partial charge in [0.05, 0.1) is 14.2 Å². The number of ether oxygens (including phenoxy) is 2. The molecule has 1 aliphatic carbocycles. The SMILES string of the molecule is COc1cc(C)c(Br)c(C2(N)CCCCC2)c1OC. The molecule has 0 heterocycles. The second-order valence-electron chi connectivity index (χ2n) is 5.33. The van der Waals surface area contributed by atoms with Gasteiger partial charge in [0.1, 0.15) is 0 Å². The van der Waals surface area contributed by atoms with E-state index in [9.17, 15) is 0 Å². The van der Waals surface area contributed by atoms with Crippen molar-refractivity contribution < 1.29 is 9.47 Å². The fourth-order valence-corrected chi connectivity index (χ4v) is 3.67. The molecule has 1 saturated carbocycles. The Balaban J connectivity index is 2.62. The van der Waals surface area contributed by atoms with Crippen LogP contribution in [0.4, 0.5) is 0 Å². The highest BCUT2D eigenvalue weighted by Gasteiger charge is 2.36. The predicted octanol–water partition coefficient (Wildman–Crippen LogP) is 3.89. The molecule has 1 aromatic rings. The molecule has 4 heteroatoms. The van der Waals surface area contributed by atoms with Gasteiger partial charge in [-0.15, -0.1) is 0 Å². The smallest absolute Gasteiger partial charge is 0.166 e. The molecule has 0 spiro atoms. The van der Waals surface area contributed by atoms with E-state index < -0.39 is 0 Å². The third-order valence-electron chi connectivity index (χ3n) is 4.03. The molecule has 0 bridgehead atoms. The maximum Gasteiger partial charge on any atom is 0.166 e. The molecule has 19 heavy (non-hydrogen) atoms.